The summed E-state index contributed by atoms with van der Waals surface area (Å²) in [5.74, 6) is -0.363. The molecular weight excluding hydrogens is 512 g/mol. The third-order valence-electron chi connectivity index (χ3n) is 5.77. The van der Waals surface area contributed by atoms with Crippen molar-refractivity contribution in [2.24, 2.45) is 5.92 Å². The predicted molar refractivity (Wildman–Crippen MR) is 136 cm³/mol. The molecule has 1 fully saturated rings. The summed E-state index contributed by atoms with van der Waals surface area (Å²) in [6.07, 6.45) is 2.61. The van der Waals surface area contributed by atoms with E-state index < -0.39 is 10.0 Å². The van der Waals surface area contributed by atoms with Crippen LogP contribution in [0.1, 0.15) is 18.5 Å². The SMILES string of the molecule is O=C(C1CCN(S(=O)(=O)c2cccs2)CC1)N(Cc1ccccn1)c1nc2ccc(Cl)cc2s1. The van der Waals surface area contributed by atoms with Crippen molar-refractivity contribution < 1.29 is 13.2 Å². The van der Waals surface area contributed by atoms with E-state index in [0.29, 0.717) is 46.8 Å². The van der Waals surface area contributed by atoms with Crippen LogP contribution in [0.25, 0.3) is 10.2 Å². The van der Waals surface area contributed by atoms with Crippen molar-refractivity contribution in [2.45, 2.75) is 23.6 Å². The van der Waals surface area contributed by atoms with Crippen molar-refractivity contribution >= 4 is 65.6 Å². The lowest BCUT2D eigenvalue weighted by molar-refractivity contribution is -0.123. The molecule has 4 aromatic rings. The van der Waals surface area contributed by atoms with Crippen LogP contribution in [0, 0.1) is 5.92 Å². The number of carbonyl (C=O) groups excluding carboxylic acids is 1. The van der Waals surface area contributed by atoms with Crippen LogP contribution in [-0.4, -0.2) is 41.7 Å². The van der Waals surface area contributed by atoms with E-state index in [1.165, 1.54) is 27.0 Å². The Morgan fingerprint density at radius 1 is 1.15 bits per heavy atom. The van der Waals surface area contributed by atoms with Crippen LogP contribution in [0.5, 0.6) is 0 Å². The molecule has 1 amide bonds. The number of rotatable bonds is 6. The number of amides is 1. The smallest absolute Gasteiger partial charge is 0.252 e. The van der Waals surface area contributed by atoms with E-state index in [9.17, 15) is 13.2 Å². The van der Waals surface area contributed by atoms with Crippen molar-refractivity contribution in [3.63, 3.8) is 0 Å². The minimum Gasteiger partial charge on any atom is -0.282 e. The number of hydrogen-bond donors (Lipinski definition) is 0. The molecule has 0 bridgehead atoms. The van der Waals surface area contributed by atoms with Gasteiger partial charge in [-0.3, -0.25) is 14.7 Å². The van der Waals surface area contributed by atoms with E-state index in [4.69, 9.17) is 11.6 Å². The Hall–Kier alpha value is -2.37. The Balaban J connectivity index is 1.38. The predicted octanol–water partition coefficient (Wildman–Crippen LogP) is 5.04. The highest BCUT2D eigenvalue weighted by atomic mass is 35.5. The molecular formula is C23H21ClN4O3S3. The lowest BCUT2D eigenvalue weighted by Crippen LogP contribution is -2.44. The minimum absolute atomic E-state index is 0.0658. The van der Waals surface area contributed by atoms with E-state index in [1.807, 2.05) is 30.3 Å². The van der Waals surface area contributed by atoms with Gasteiger partial charge in [-0.1, -0.05) is 35.1 Å². The fraction of sp³-hybridized carbons (Fsp3) is 0.261. The van der Waals surface area contributed by atoms with Gasteiger partial charge < -0.3 is 0 Å². The monoisotopic (exact) mass is 532 g/mol. The Kier molecular flexibility index (Phi) is 6.67. The van der Waals surface area contributed by atoms with Gasteiger partial charge in [0.2, 0.25) is 5.91 Å². The Labute approximate surface area is 210 Å². The summed E-state index contributed by atoms with van der Waals surface area (Å²) in [5.41, 5.74) is 1.53. The van der Waals surface area contributed by atoms with E-state index in [2.05, 4.69) is 9.97 Å². The Morgan fingerprint density at radius 2 is 1.97 bits per heavy atom. The molecule has 4 heterocycles. The molecule has 0 radical (unpaired) electrons. The van der Waals surface area contributed by atoms with Gasteiger partial charge in [0.25, 0.3) is 10.0 Å². The first-order chi connectivity index (χ1) is 16.4. The van der Waals surface area contributed by atoms with E-state index in [-0.39, 0.29) is 11.8 Å². The zero-order valence-corrected chi connectivity index (χ0v) is 21.2. The molecule has 3 aromatic heterocycles. The molecule has 11 heteroatoms. The maximum atomic E-state index is 13.7. The summed E-state index contributed by atoms with van der Waals surface area (Å²) in [6.45, 7) is 0.911. The van der Waals surface area contributed by atoms with Crippen LogP contribution < -0.4 is 4.90 Å². The molecule has 176 valence electrons. The highest BCUT2D eigenvalue weighted by Gasteiger charge is 2.35. The van der Waals surface area contributed by atoms with Crippen molar-refractivity contribution in [3.8, 4) is 0 Å². The number of thiophene rings is 1. The number of benzene rings is 1. The number of hydrogen-bond acceptors (Lipinski definition) is 7. The van der Waals surface area contributed by atoms with E-state index >= 15 is 0 Å². The molecule has 7 nitrogen and oxygen atoms in total. The van der Waals surface area contributed by atoms with Crippen molar-refractivity contribution in [3.05, 3.63) is 70.8 Å². The highest BCUT2D eigenvalue weighted by Crippen LogP contribution is 2.34. The van der Waals surface area contributed by atoms with Gasteiger partial charge in [-0.15, -0.1) is 11.3 Å². The second-order valence-electron chi connectivity index (χ2n) is 7.96. The number of pyridine rings is 1. The van der Waals surface area contributed by atoms with Crippen LogP contribution in [0.2, 0.25) is 5.02 Å². The van der Waals surface area contributed by atoms with Crippen LogP contribution in [0.4, 0.5) is 5.13 Å². The van der Waals surface area contributed by atoms with Gasteiger partial charge in [0.05, 0.1) is 22.5 Å². The molecule has 0 spiro atoms. The topological polar surface area (TPSA) is 83.5 Å². The Morgan fingerprint density at radius 3 is 2.68 bits per heavy atom. The van der Waals surface area contributed by atoms with Crippen LogP contribution in [-0.2, 0) is 21.4 Å². The number of piperidine rings is 1. The van der Waals surface area contributed by atoms with E-state index in [0.717, 1.165) is 15.9 Å². The van der Waals surface area contributed by atoms with Crippen molar-refractivity contribution in [2.75, 3.05) is 18.0 Å². The molecule has 0 saturated carbocycles. The summed E-state index contributed by atoms with van der Waals surface area (Å²) < 4.78 is 28.4. The first kappa shape index (κ1) is 23.4. The molecule has 0 aliphatic carbocycles. The molecule has 0 atom stereocenters. The van der Waals surface area contributed by atoms with Crippen molar-refractivity contribution in [1.29, 1.82) is 0 Å². The molecule has 1 aromatic carbocycles. The van der Waals surface area contributed by atoms with Gasteiger partial charge in [-0.2, -0.15) is 4.31 Å². The van der Waals surface area contributed by atoms with Gasteiger partial charge in [-0.05, 0) is 54.6 Å². The standard InChI is InChI=1S/C23H21ClN4O3S3/c24-17-6-7-19-20(14-17)33-23(26-19)28(15-18-4-1-2-10-25-18)22(29)16-8-11-27(12-9-16)34(30,31)21-5-3-13-32-21/h1-7,10,13-14,16H,8-9,11-12,15H2. The second kappa shape index (κ2) is 9.71. The fourth-order valence-electron chi connectivity index (χ4n) is 4.00. The van der Waals surface area contributed by atoms with Gasteiger partial charge in [0.15, 0.2) is 5.13 Å². The average Bonchev–Trinajstić information content (AvgIpc) is 3.53. The maximum absolute atomic E-state index is 13.7. The van der Waals surface area contributed by atoms with Crippen molar-refractivity contribution in [1.82, 2.24) is 14.3 Å². The Bertz CT molecular complexity index is 1400. The number of anilines is 1. The summed E-state index contributed by atoms with van der Waals surface area (Å²) in [5, 5.41) is 2.95. The quantitative estimate of drug-likeness (QED) is 0.347. The number of sulfonamides is 1. The average molecular weight is 533 g/mol. The first-order valence-electron chi connectivity index (χ1n) is 10.7. The lowest BCUT2D eigenvalue weighted by Gasteiger charge is -2.32. The second-order valence-corrected chi connectivity index (χ2v) is 12.5. The molecule has 0 unspecified atom stereocenters. The molecule has 1 aliphatic heterocycles. The highest BCUT2D eigenvalue weighted by molar-refractivity contribution is 7.91. The third-order valence-corrected chi connectivity index (χ3v) is 10.3. The number of thiazole rings is 1. The molecule has 5 rings (SSSR count). The summed E-state index contributed by atoms with van der Waals surface area (Å²) in [7, 11) is -3.52. The third kappa shape index (κ3) is 4.73. The molecule has 0 N–H and O–H groups in total. The van der Waals surface area contributed by atoms with Gasteiger partial charge in [0, 0.05) is 30.2 Å². The molecule has 1 saturated heterocycles. The zero-order chi connectivity index (χ0) is 23.7. The number of halogens is 1. The lowest BCUT2D eigenvalue weighted by atomic mass is 9.96. The fourth-order valence-corrected chi connectivity index (χ4v) is 7.86. The normalized spacial score (nSPS) is 15.6. The van der Waals surface area contributed by atoms with Gasteiger partial charge in [0.1, 0.15) is 4.21 Å². The van der Waals surface area contributed by atoms with Gasteiger partial charge >= 0.3 is 0 Å². The largest absolute Gasteiger partial charge is 0.282 e. The van der Waals surface area contributed by atoms with Crippen LogP contribution in [0.3, 0.4) is 0 Å². The number of aromatic nitrogens is 2. The van der Waals surface area contributed by atoms with Gasteiger partial charge in [-0.25, -0.2) is 13.4 Å². The number of nitrogens with zero attached hydrogens (tertiary/aromatic N) is 4. The summed E-state index contributed by atoms with van der Waals surface area (Å²) in [4.78, 5) is 24.5. The van der Waals surface area contributed by atoms with Crippen LogP contribution >= 0.6 is 34.3 Å². The zero-order valence-electron chi connectivity index (χ0n) is 18.0. The molecule has 34 heavy (non-hydrogen) atoms. The van der Waals surface area contributed by atoms with Crippen LogP contribution in [0.15, 0.2) is 64.3 Å². The summed E-state index contributed by atoms with van der Waals surface area (Å²) in [6, 6.07) is 14.4. The maximum Gasteiger partial charge on any atom is 0.252 e. The minimum atomic E-state index is -3.52. The first-order valence-corrected chi connectivity index (χ1v) is 14.2. The number of carbonyl (C=O) groups is 1. The summed E-state index contributed by atoms with van der Waals surface area (Å²) >= 11 is 8.76. The number of fused-ring (bicyclic) bond motifs is 1. The molecule has 1 aliphatic rings. The van der Waals surface area contributed by atoms with E-state index in [1.54, 1.807) is 34.7 Å².